The van der Waals surface area contributed by atoms with Crippen molar-refractivity contribution >= 4 is 23.2 Å². The number of primary amides is 1. The fourth-order valence-corrected chi connectivity index (χ4v) is 3.73. The van der Waals surface area contributed by atoms with E-state index >= 15 is 0 Å². The Hall–Kier alpha value is -4.13. The molecule has 3 aromatic rings. The van der Waals surface area contributed by atoms with Crippen LogP contribution in [0.4, 0.5) is 5.69 Å². The van der Waals surface area contributed by atoms with E-state index in [0.717, 1.165) is 22.3 Å². The van der Waals surface area contributed by atoms with Gasteiger partial charge in [0, 0.05) is 29.8 Å². The zero-order chi connectivity index (χ0) is 22.8. The molecule has 0 unspecified atom stereocenters. The van der Waals surface area contributed by atoms with Crippen LogP contribution in [-0.2, 0) is 4.79 Å². The third-order valence-electron chi connectivity index (χ3n) is 5.50. The van der Waals surface area contributed by atoms with Crippen LogP contribution in [0.15, 0.2) is 65.7 Å². The second-order valence-electron chi connectivity index (χ2n) is 7.36. The molecular weight excluding hydrogens is 406 g/mol. The van der Waals surface area contributed by atoms with Crippen LogP contribution in [-0.4, -0.2) is 45.3 Å². The molecule has 0 aromatic heterocycles. The molecule has 1 aliphatic rings. The van der Waals surface area contributed by atoms with E-state index in [9.17, 15) is 9.59 Å². The van der Waals surface area contributed by atoms with Crippen molar-refractivity contribution in [1.29, 1.82) is 0 Å². The Morgan fingerprint density at radius 2 is 1.59 bits per heavy atom. The van der Waals surface area contributed by atoms with Crippen LogP contribution < -0.4 is 20.1 Å². The van der Waals surface area contributed by atoms with Gasteiger partial charge in [-0.1, -0.05) is 30.3 Å². The molecule has 2 amide bonds. The van der Waals surface area contributed by atoms with Crippen molar-refractivity contribution in [2.45, 2.75) is 0 Å². The Morgan fingerprint density at radius 3 is 2.25 bits per heavy atom. The number of carbonyl (C=O) groups is 2. The smallest absolute Gasteiger partial charge is 0.248 e. The van der Waals surface area contributed by atoms with Crippen LogP contribution in [0.5, 0.6) is 11.5 Å². The number of likely N-dealkylation sites (N-methyl/N-ethyl adjacent to an activating group) is 1. The van der Waals surface area contributed by atoms with Gasteiger partial charge in [-0.2, -0.15) is 0 Å². The SMILES string of the molecule is COc1cc2c(cc1OC)N(C)C(=O)CN=C2c1cccc(-c2ccc(C(N)=O)cc2)c1. The van der Waals surface area contributed by atoms with Gasteiger partial charge < -0.3 is 20.1 Å². The van der Waals surface area contributed by atoms with Gasteiger partial charge in [0.15, 0.2) is 11.5 Å². The molecule has 0 fully saturated rings. The van der Waals surface area contributed by atoms with E-state index in [2.05, 4.69) is 4.99 Å². The van der Waals surface area contributed by atoms with Crippen molar-refractivity contribution in [3.63, 3.8) is 0 Å². The Labute approximate surface area is 186 Å². The number of hydrogen-bond acceptors (Lipinski definition) is 5. The largest absolute Gasteiger partial charge is 0.493 e. The number of benzene rings is 3. The number of hydrogen-bond donors (Lipinski definition) is 1. The molecule has 4 rings (SSSR count). The molecule has 0 radical (unpaired) electrons. The standard InChI is InChI=1S/C25H23N3O4/c1-28-20-13-22(32-3)21(31-2)12-19(20)24(27-14-23(28)29)18-6-4-5-17(11-18)15-7-9-16(10-8-15)25(26)30/h4-13H,14H2,1-3H3,(H2,26,30). The summed E-state index contributed by atoms with van der Waals surface area (Å²) in [6.07, 6.45) is 0. The van der Waals surface area contributed by atoms with Crippen LogP contribution in [0.1, 0.15) is 21.5 Å². The highest BCUT2D eigenvalue weighted by Gasteiger charge is 2.25. The lowest BCUT2D eigenvalue weighted by atomic mass is 9.95. The molecular formula is C25H23N3O4. The van der Waals surface area contributed by atoms with E-state index in [1.54, 1.807) is 44.4 Å². The second kappa shape index (κ2) is 8.55. The zero-order valence-corrected chi connectivity index (χ0v) is 18.1. The Morgan fingerprint density at radius 1 is 0.938 bits per heavy atom. The summed E-state index contributed by atoms with van der Waals surface area (Å²) in [4.78, 5) is 30.2. The molecule has 0 bridgehead atoms. The van der Waals surface area contributed by atoms with Crippen molar-refractivity contribution < 1.29 is 19.1 Å². The number of aliphatic imine (C=N–C) groups is 1. The number of methoxy groups -OCH3 is 2. The van der Waals surface area contributed by atoms with E-state index < -0.39 is 5.91 Å². The lowest BCUT2D eigenvalue weighted by Crippen LogP contribution is -2.27. The Bertz CT molecular complexity index is 1230. The van der Waals surface area contributed by atoms with Gasteiger partial charge in [0.2, 0.25) is 11.8 Å². The number of nitrogens with zero attached hydrogens (tertiary/aromatic N) is 2. The van der Waals surface area contributed by atoms with Gasteiger partial charge in [0.1, 0.15) is 6.54 Å². The maximum Gasteiger partial charge on any atom is 0.248 e. The molecule has 0 atom stereocenters. The number of rotatable bonds is 5. The van der Waals surface area contributed by atoms with Gasteiger partial charge in [-0.25, -0.2) is 0 Å². The Kier molecular flexibility index (Phi) is 5.64. The predicted molar refractivity (Wildman–Crippen MR) is 124 cm³/mol. The van der Waals surface area contributed by atoms with Crippen LogP contribution in [0, 0.1) is 0 Å². The number of anilines is 1. The summed E-state index contributed by atoms with van der Waals surface area (Å²) in [6, 6.07) is 18.6. The number of benzodiazepines with no additional fused rings is 1. The first-order chi connectivity index (χ1) is 15.4. The van der Waals surface area contributed by atoms with Gasteiger partial charge in [0.05, 0.1) is 25.6 Å². The number of carbonyl (C=O) groups excluding carboxylic acids is 2. The molecule has 0 spiro atoms. The zero-order valence-electron chi connectivity index (χ0n) is 18.1. The highest BCUT2D eigenvalue weighted by Crippen LogP contribution is 2.37. The highest BCUT2D eigenvalue weighted by atomic mass is 16.5. The lowest BCUT2D eigenvalue weighted by molar-refractivity contribution is -0.116. The van der Waals surface area contributed by atoms with Crippen molar-refractivity contribution in [2.75, 3.05) is 32.7 Å². The molecule has 162 valence electrons. The normalized spacial score (nSPS) is 13.2. The third kappa shape index (κ3) is 3.80. The highest BCUT2D eigenvalue weighted by molar-refractivity contribution is 6.20. The van der Waals surface area contributed by atoms with E-state index in [1.165, 1.54) is 0 Å². The van der Waals surface area contributed by atoms with Gasteiger partial charge in [-0.3, -0.25) is 14.6 Å². The summed E-state index contributed by atoms with van der Waals surface area (Å²) >= 11 is 0. The van der Waals surface area contributed by atoms with Gasteiger partial charge in [-0.05, 0) is 35.4 Å². The summed E-state index contributed by atoms with van der Waals surface area (Å²) in [5.41, 5.74) is 10.7. The topological polar surface area (TPSA) is 94.2 Å². The van der Waals surface area contributed by atoms with Crippen LogP contribution in [0.25, 0.3) is 11.1 Å². The summed E-state index contributed by atoms with van der Waals surface area (Å²) in [6.45, 7) is 0.0304. The van der Waals surface area contributed by atoms with E-state index in [1.807, 2.05) is 42.5 Å². The first-order valence-electron chi connectivity index (χ1n) is 10.0. The fraction of sp³-hybridized carbons (Fsp3) is 0.160. The summed E-state index contributed by atoms with van der Waals surface area (Å²) in [7, 11) is 4.86. The number of amides is 2. The first-order valence-corrected chi connectivity index (χ1v) is 10.0. The molecule has 1 aliphatic heterocycles. The monoisotopic (exact) mass is 429 g/mol. The molecule has 0 saturated heterocycles. The summed E-state index contributed by atoms with van der Waals surface area (Å²) in [5.74, 6) is 0.509. The Balaban J connectivity index is 1.83. The molecule has 32 heavy (non-hydrogen) atoms. The average Bonchev–Trinajstić information content (AvgIpc) is 2.94. The maximum atomic E-state index is 12.6. The van der Waals surface area contributed by atoms with Crippen LogP contribution in [0.3, 0.4) is 0 Å². The maximum absolute atomic E-state index is 12.6. The molecule has 0 saturated carbocycles. The minimum absolute atomic E-state index is 0.0304. The minimum Gasteiger partial charge on any atom is -0.493 e. The second-order valence-corrected chi connectivity index (χ2v) is 7.36. The van der Waals surface area contributed by atoms with Gasteiger partial charge in [-0.15, -0.1) is 0 Å². The molecule has 7 heteroatoms. The van der Waals surface area contributed by atoms with Crippen LogP contribution >= 0.6 is 0 Å². The van der Waals surface area contributed by atoms with Crippen molar-refractivity contribution in [3.8, 4) is 22.6 Å². The van der Waals surface area contributed by atoms with Gasteiger partial charge in [0.25, 0.3) is 0 Å². The van der Waals surface area contributed by atoms with E-state index in [-0.39, 0.29) is 12.5 Å². The van der Waals surface area contributed by atoms with E-state index in [4.69, 9.17) is 15.2 Å². The lowest BCUT2D eigenvalue weighted by Gasteiger charge is -2.20. The van der Waals surface area contributed by atoms with Crippen molar-refractivity contribution in [3.05, 3.63) is 77.4 Å². The molecule has 1 heterocycles. The number of fused-ring (bicyclic) bond motifs is 1. The predicted octanol–water partition coefficient (Wildman–Crippen LogP) is 3.28. The average molecular weight is 429 g/mol. The molecule has 3 aromatic carbocycles. The minimum atomic E-state index is -0.465. The van der Waals surface area contributed by atoms with E-state index in [0.29, 0.717) is 28.5 Å². The number of nitrogens with two attached hydrogens (primary N) is 1. The molecule has 0 aliphatic carbocycles. The quantitative estimate of drug-likeness (QED) is 0.673. The summed E-state index contributed by atoms with van der Waals surface area (Å²) in [5, 5.41) is 0. The fourth-order valence-electron chi connectivity index (χ4n) is 3.73. The molecule has 7 nitrogen and oxygen atoms in total. The molecule has 2 N–H and O–H groups in total. The van der Waals surface area contributed by atoms with Gasteiger partial charge >= 0.3 is 0 Å². The first kappa shape index (κ1) is 21.1. The van der Waals surface area contributed by atoms with Crippen molar-refractivity contribution in [1.82, 2.24) is 0 Å². The summed E-state index contributed by atoms with van der Waals surface area (Å²) < 4.78 is 10.9. The number of ether oxygens (including phenoxy) is 2. The van der Waals surface area contributed by atoms with Crippen molar-refractivity contribution in [2.24, 2.45) is 10.7 Å². The third-order valence-corrected chi connectivity index (χ3v) is 5.50. The van der Waals surface area contributed by atoms with Crippen LogP contribution in [0.2, 0.25) is 0 Å².